The highest BCUT2D eigenvalue weighted by molar-refractivity contribution is 7.12. The number of carbonyl (C=O) groups is 1. The van der Waals surface area contributed by atoms with Gasteiger partial charge in [-0.15, -0.1) is 11.3 Å². The highest BCUT2D eigenvalue weighted by Gasteiger charge is 2.20. The molecule has 4 nitrogen and oxygen atoms in total. The van der Waals surface area contributed by atoms with Gasteiger partial charge in [0.2, 0.25) is 0 Å². The van der Waals surface area contributed by atoms with Crippen molar-refractivity contribution in [2.45, 2.75) is 60.1 Å². The van der Waals surface area contributed by atoms with Gasteiger partial charge in [-0.05, 0) is 58.6 Å². The molecule has 1 heterocycles. The lowest BCUT2D eigenvalue weighted by Crippen LogP contribution is -2.40. The van der Waals surface area contributed by atoms with E-state index in [1.807, 2.05) is 32.1 Å². The van der Waals surface area contributed by atoms with Crippen LogP contribution in [-0.2, 0) is 4.74 Å². The number of amides is 1. The minimum atomic E-state index is -0.457. The van der Waals surface area contributed by atoms with Gasteiger partial charge in [-0.25, -0.2) is 4.79 Å². The van der Waals surface area contributed by atoms with Crippen molar-refractivity contribution in [3.8, 4) is 0 Å². The van der Waals surface area contributed by atoms with Crippen LogP contribution in [0.15, 0.2) is 12.1 Å². The van der Waals surface area contributed by atoms with Crippen LogP contribution in [0.5, 0.6) is 0 Å². The number of carbonyl (C=O) groups excluding carboxylic acids is 1. The van der Waals surface area contributed by atoms with Crippen molar-refractivity contribution in [1.82, 2.24) is 10.6 Å². The molecule has 2 N–H and O–H groups in total. The first-order chi connectivity index (χ1) is 10.6. The Labute approximate surface area is 145 Å². The van der Waals surface area contributed by atoms with Crippen LogP contribution in [0.1, 0.15) is 57.3 Å². The Hall–Kier alpha value is -1.07. The zero-order valence-electron chi connectivity index (χ0n) is 15.5. The van der Waals surface area contributed by atoms with Crippen LogP contribution in [-0.4, -0.2) is 24.8 Å². The Morgan fingerprint density at radius 1 is 1.22 bits per heavy atom. The number of rotatable bonds is 7. The first kappa shape index (κ1) is 20.0. The predicted molar refractivity (Wildman–Crippen MR) is 98.0 cm³/mol. The summed E-state index contributed by atoms with van der Waals surface area (Å²) in [6, 6.07) is 4.67. The van der Waals surface area contributed by atoms with E-state index < -0.39 is 5.60 Å². The molecule has 2 unspecified atom stereocenters. The van der Waals surface area contributed by atoms with Crippen LogP contribution in [0, 0.1) is 18.8 Å². The van der Waals surface area contributed by atoms with Crippen LogP contribution < -0.4 is 10.6 Å². The Morgan fingerprint density at radius 3 is 2.35 bits per heavy atom. The Bertz CT molecular complexity index is 491. The molecule has 5 heteroatoms. The van der Waals surface area contributed by atoms with Gasteiger partial charge in [0.15, 0.2) is 0 Å². The lowest BCUT2D eigenvalue weighted by molar-refractivity contribution is 0.0514. The standard InChI is InChI=1S/C18H32N2O2S/c1-12(2)15(11-20-17(21)22-18(5,6)7)10-19-14(4)16-9-8-13(3)23-16/h8-9,12,14-15,19H,10-11H2,1-7H3,(H,20,21). The van der Waals surface area contributed by atoms with E-state index in [1.165, 1.54) is 9.75 Å². The van der Waals surface area contributed by atoms with E-state index in [-0.39, 0.29) is 6.09 Å². The number of aryl methyl sites for hydroxylation is 1. The summed E-state index contributed by atoms with van der Waals surface area (Å²) < 4.78 is 5.30. The van der Waals surface area contributed by atoms with E-state index in [4.69, 9.17) is 4.74 Å². The van der Waals surface area contributed by atoms with Gasteiger partial charge in [-0.1, -0.05) is 13.8 Å². The van der Waals surface area contributed by atoms with Crippen molar-refractivity contribution in [3.05, 3.63) is 21.9 Å². The summed E-state index contributed by atoms with van der Waals surface area (Å²) in [6.07, 6.45) is -0.343. The average Bonchev–Trinajstić information content (AvgIpc) is 2.82. The fourth-order valence-electron chi connectivity index (χ4n) is 2.19. The molecule has 0 aromatic carbocycles. The van der Waals surface area contributed by atoms with Crippen molar-refractivity contribution in [1.29, 1.82) is 0 Å². The van der Waals surface area contributed by atoms with Crippen molar-refractivity contribution in [2.75, 3.05) is 13.1 Å². The van der Waals surface area contributed by atoms with Crippen LogP contribution in [0.3, 0.4) is 0 Å². The maximum Gasteiger partial charge on any atom is 0.407 e. The van der Waals surface area contributed by atoms with Crippen LogP contribution in [0.25, 0.3) is 0 Å². The van der Waals surface area contributed by atoms with E-state index in [1.54, 1.807) is 0 Å². The van der Waals surface area contributed by atoms with Gasteiger partial charge < -0.3 is 15.4 Å². The van der Waals surface area contributed by atoms with Gasteiger partial charge in [0.05, 0.1) is 0 Å². The molecule has 2 atom stereocenters. The molecule has 23 heavy (non-hydrogen) atoms. The third kappa shape index (κ3) is 7.84. The quantitative estimate of drug-likeness (QED) is 0.768. The normalized spacial score (nSPS) is 14.6. The van der Waals surface area contributed by atoms with E-state index in [9.17, 15) is 4.79 Å². The molecule has 0 aliphatic heterocycles. The number of alkyl carbamates (subject to hydrolysis) is 1. The summed E-state index contributed by atoms with van der Waals surface area (Å²) in [6.45, 7) is 15.8. The van der Waals surface area contributed by atoms with Crippen molar-refractivity contribution >= 4 is 17.4 Å². The number of nitrogens with one attached hydrogen (secondary N) is 2. The summed E-state index contributed by atoms with van der Waals surface area (Å²) >= 11 is 1.83. The average molecular weight is 341 g/mol. The zero-order valence-corrected chi connectivity index (χ0v) is 16.3. The smallest absolute Gasteiger partial charge is 0.407 e. The third-order valence-corrected chi connectivity index (χ3v) is 4.91. The molecule has 0 aliphatic rings. The summed E-state index contributed by atoms with van der Waals surface area (Å²) in [5.41, 5.74) is -0.457. The molecule has 1 aromatic heterocycles. The van der Waals surface area contributed by atoms with Crippen molar-refractivity contribution in [3.63, 3.8) is 0 Å². The molecule has 0 radical (unpaired) electrons. The zero-order chi connectivity index (χ0) is 17.6. The molecule has 1 aromatic rings. The summed E-state index contributed by atoms with van der Waals surface area (Å²) in [5.74, 6) is 0.848. The van der Waals surface area contributed by atoms with Gasteiger partial charge in [0, 0.05) is 28.9 Å². The van der Waals surface area contributed by atoms with Gasteiger partial charge in [-0.3, -0.25) is 0 Å². The SMILES string of the molecule is Cc1ccc(C(C)NCC(CNC(=O)OC(C)(C)C)C(C)C)s1. The number of thiophene rings is 1. The highest BCUT2D eigenvalue weighted by atomic mass is 32.1. The van der Waals surface area contributed by atoms with E-state index in [2.05, 4.69) is 50.5 Å². The molecule has 0 bridgehead atoms. The maximum absolute atomic E-state index is 11.8. The van der Waals surface area contributed by atoms with Gasteiger partial charge in [-0.2, -0.15) is 0 Å². The number of ether oxygens (including phenoxy) is 1. The summed E-state index contributed by atoms with van der Waals surface area (Å²) in [4.78, 5) is 14.5. The fraction of sp³-hybridized carbons (Fsp3) is 0.722. The molecule has 0 aliphatic carbocycles. The van der Waals surface area contributed by atoms with E-state index in [0.29, 0.717) is 24.4 Å². The van der Waals surface area contributed by atoms with E-state index in [0.717, 1.165) is 6.54 Å². The van der Waals surface area contributed by atoms with Crippen LogP contribution in [0.2, 0.25) is 0 Å². The topological polar surface area (TPSA) is 50.4 Å². The van der Waals surface area contributed by atoms with Gasteiger partial charge in [0.25, 0.3) is 0 Å². The minimum Gasteiger partial charge on any atom is -0.444 e. The lowest BCUT2D eigenvalue weighted by Gasteiger charge is -2.25. The van der Waals surface area contributed by atoms with Crippen molar-refractivity contribution < 1.29 is 9.53 Å². The second-order valence-electron chi connectivity index (χ2n) is 7.47. The molecule has 0 fully saturated rings. The summed E-state index contributed by atoms with van der Waals surface area (Å²) in [7, 11) is 0. The lowest BCUT2D eigenvalue weighted by atomic mass is 9.95. The molecule has 0 saturated heterocycles. The second-order valence-corrected chi connectivity index (χ2v) is 8.78. The first-order valence-electron chi connectivity index (χ1n) is 8.35. The highest BCUT2D eigenvalue weighted by Crippen LogP contribution is 2.22. The molecule has 0 saturated carbocycles. The van der Waals surface area contributed by atoms with Gasteiger partial charge in [0.1, 0.15) is 5.60 Å². The van der Waals surface area contributed by atoms with E-state index >= 15 is 0 Å². The van der Waals surface area contributed by atoms with Crippen LogP contribution >= 0.6 is 11.3 Å². The molecule has 0 spiro atoms. The largest absolute Gasteiger partial charge is 0.444 e. The summed E-state index contributed by atoms with van der Waals surface area (Å²) in [5, 5.41) is 6.47. The molecule has 1 amide bonds. The fourth-order valence-corrected chi connectivity index (χ4v) is 3.09. The molecular weight excluding hydrogens is 308 g/mol. The monoisotopic (exact) mass is 340 g/mol. The Kier molecular flexibility index (Phi) is 7.55. The Morgan fingerprint density at radius 2 is 1.87 bits per heavy atom. The maximum atomic E-state index is 11.8. The van der Waals surface area contributed by atoms with Crippen molar-refractivity contribution in [2.24, 2.45) is 11.8 Å². The molecule has 1 rings (SSSR count). The van der Waals surface area contributed by atoms with Gasteiger partial charge >= 0.3 is 6.09 Å². The van der Waals surface area contributed by atoms with Crippen LogP contribution in [0.4, 0.5) is 4.79 Å². The predicted octanol–water partition coefficient (Wildman–Crippen LogP) is 4.50. The number of hydrogen-bond acceptors (Lipinski definition) is 4. The molecule has 132 valence electrons. The Balaban J connectivity index is 2.44. The molecular formula is C18H32N2O2S. The third-order valence-electron chi connectivity index (χ3n) is 3.72. The first-order valence-corrected chi connectivity index (χ1v) is 9.16. The number of hydrogen-bond donors (Lipinski definition) is 2. The minimum absolute atomic E-state index is 0.330. The second kappa shape index (κ2) is 8.69.